The summed E-state index contributed by atoms with van der Waals surface area (Å²) in [5.41, 5.74) is 7.59. The highest BCUT2D eigenvalue weighted by molar-refractivity contribution is 7.90. The summed E-state index contributed by atoms with van der Waals surface area (Å²) in [5.74, 6) is -0.174. The van der Waals surface area contributed by atoms with Crippen molar-refractivity contribution in [3.05, 3.63) is 47.3 Å². The topological polar surface area (TPSA) is 97.3 Å². The number of hydrogen-bond donors (Lipinski definition) is 1. The van der Waals surface area contributed by atoms with Gasteiger partial charge in [0.25, 0.3) is 0 Å². The molecule has 0 spiro atoms. The van der Waals surface area contributed by atoms with Crippen LogP contribution in [-0.2, 0) is 15.6 Å². The normalized spacial score (nSPS) is 15.1. The fourth-order valence-corrected chi connectivity index (χ4v) is 4.84. The lowest BCUT2D eigenvalue weighted by Crippen LogP contribution is -2.29. The molecule has 0 radical (unpaired) electrons. The van der Waals surface area contributed by atoms with Crippen LogP contribution in [0.25, 0.3) is 0 Å². The molecule has 7 nitrogen and oxygen atoms in total. The Labute approximate surface area is 168 Å². The lowest BCUT2D eigenvalue weighted by Gasteiger charge is -2.21. The van der Waals surface area contributed by atoms with E-state index in [1.165, 1.54) is 12.1 Å². The third-order valence-electron chi connectivity index (χ3n) is 4.74. The largest absolute Gasteiger partial charge is 0.452 e. The van der Waals surface area contributed by atoms with Crippen LogP contribution in [0.5, 0.6) is 11.5 Å². The highest BCUT2D eigenvalue weighted by Crippen LogP contribution is 2.36. The second kappa shape index (κ2) is 7.47. The molecule has 2 N–H and O–H groups in total. The van der Waals surface area contributed by atoms with Crippen molar-refractivity contribution in [1.82, 2.24) is 4.90 Å². The third-order valence-corrected chi connectivity index (χ3v) is 6.52. The van der Waals surface area contributed by atoms with Gasteiger partial charge in [0.2, 0.25) is 0 Å². The Morgan fingerprint density at radius 2 is 2.10 bits per heavy atom. The Morgan fingerprint density at radius 1 is 1.28 bits per heavy atom. The number of nitrogens with two attached hydrogens (primary N) is 1. The molecule has 0 saturated carbocycles. The second-order valence-electron chi connectivity index (χ2n) is 6.97. The molecule has 2 aliphatic rings. The maximum atomic E-state index is 15.0. The summed E-state index contributed by atoms with van der Waals surface area (Å²) >= 11 is 0. The van der Waals surface area contributed by atoms with Gasteiger partial charge in [-0.25, -0.2) is 17.8 Å². The maximum absolute atomic E-state index is 15.0. The highest BCUT2D eigenvalue weighted by Gasteiger charge is 2.25. The molecule has 2 aliphatic heterocycles. The number of halogens is 1. The summed E-state index contributed by atoms with van der Waals surface area (Å²) in [5, 5.41) is 0. The van der Waals surface area contributed by atoms with Gasteiger partial charge >= 0.3 is 0 Å². The molecule has 2 aromatic rings. The fourth-order valence-electron chi connectivity index (χ4n) is 3.38. The Morgan fingerprint density at radius 3 is 2.90 bits per heavy atom. The van der Waals surface area contributed by atoms with Crippen LogP contribution in [0, 0.1) is 5.82 Å². The van der Waals surface area contributed by atoms with Crippen LogP contribution < -0.4 is 10.5 Å². The van der Waals surface area contributed by atoms with E-state index in [-0.39, 0.29) is 22.8 Å². The van der Waals surface area contributed by atoms with E-state index in [1.807, 2.05) is 4.90 Å². The van der Waals surface area contributed by atoms with Gasteiger partial charge in [0.1, 0.15) is 11.6 Å². The van der Waals surface area contributed by atoms with E-state index in [4.69, 9.17) is 10.5 Å². The number of hydrogen-bond acceptors (Lipinski definition) is 7. The van der Waals surface area contributed by atoms with Gasteiger partial charge < -0.3 is 15.4 Å². The number of ether oxygens (including phenoxy) is 1. The minimum Gasteiger partial charge on any atom is -0.452 e. The number of anilines is 1. The summed E-state index contributed by atoms with van der Waals surface area (Å²) < 4.78 is 45.0. The third kappa shape index (κ3) is 3.82. The average molecular weight is 416 g/mol. The van der Waals surface area contributed by atoms with Gasteiger partial charge in [-0.3, -0.25) is 4.99 Å². The van der Waals surface area contributed by atoms with E-state index < -0.39 is 21.4 Å². The van der Waals surface area contributed by atoms with Gasteiger partial charge in [-0.05, 0) is 30.7 Å². The number of sulfone groups is 1. The predicted molar refractivity (Wildman–Crippen MR) is 111 cm³/mol. The molecule has 0 aliphatic carbocycles. The Hall–Kier alpha value is -2.94. The van der Waals surface area contributed by atoms with E-state index in [2.05, 4.69) is 9.98 Å². The number of amidine groups is 1. The van der Waals surface area contributed by atoms with Crippen LogP contribution in [0.4, 0.5) is 15.8 Å². The van der Waals surface area contributed by atoms with Crippen LogP contribution in [0.2, 0.25) is 0 Å². The zero-order valence-corrected chi connectivity index (χ0v) is 16.7. The van der Waals surface area contributed by atoms with Crippen LogP contribution in [0.15, 0.2) is 40.3 Å². The van der Waals surface area contributed by atoms with E-state index in [9.17, 15) is 8.42 Å². The van der Waals surface area contributed by atoms with Gasteiger partial charge in [-0.15, -0.1) is 0 Å². The number of fused-ring (bicyclic) bond motifs is 3. The summed E-state index contributed by atoms with van der Waals surface area (Å²) in [7, 11) is -3.41. The lowest BCUT2D eigenvalue weighted by atomic mass is 10.1. The number of aliphatic imine (C=N–C) groups is 2. The number of nitrogens with zero attached hydrogens (tertiary/aromatic N) is 3. The van der Waals surface area contributed by atoms with Crippen molar-refractivity contribution >= 4 is 33.4 Å². The highest BCUT2D eigenvalue weighted by atomic mass is 32.2. The molecule has 0 aromatic heterocycles. The van der Waals surface area contributed by atoms with E-state index in [0.717, 1.165) is 23.6 Å². The first-order valence-corrected chi connectivity index (χ1v) is 11.1. The smallest absolute Gasteiger partial charge is 0.186 e. The first kappa shape index (κ1) is 19.4. The molecule has 0 fully saturated rings. The monoisotopic (exact) mass is 416 g/mol. The van der Waals surface area contributed by atoms with Gasteiger partial charge in [0, 0.05) is 17.7 Å². The first-order chi connectivity index (χ1) is 13.9. The van der Waals surface area contributed by atoms with E-state index in [0.29, 0.717) is 18.7 Å². The predicted octanol–water partition coefficient (Wildman–Crippen LogP) is 3.26. The van der Waals surface area contributed by atoms with Crippen molar-refractivity contribution < 1.29 is 17.5 Å². The molecule has 0 saturated heterocycles. The van der Waals surface area contributed by atoms with Crippen LogP contribution >= 0.6 is 0 Å². The van der Waals surface area contributed by atoms with Crippen molar-refractivity contribution in [2.75, 3.05) is 24.6 Å². The molecule has 4 rings (SSSR count). The zero-order chi connectivity index (χ0) is 20.6. The molecular weight excluding hydrogens is 395 g/mol. The standard InChI is InChI=1S/C20H21FN4O3S/c1-2-9-29(26,27)11-13-3-5-16(22)19(18(13)21)28-14-4-6-17-15(10-14)20-23-7-8-25(20)12-24-17/h3-6,10,12H,2,7-9,11,22H2,1H3. The summed E-state index contributed by atoms with van der Waals surface area (Å²) in [6.07, 6.45) is 2.22. The molecule has 29 heavy (non-hydrogen) atoms. The van der Waals surface area contributed by atoms with Gasteiger partial charge in [0.05, 0.1) is 35.8 Å². The molecule has 9 heteroatoms. The Bertz CT molecular complexity index is 1130. The molecule has 152 valence electrons. The zero-order valence-electron chi connectivity index (χ0n) is 15.9. The SMILES string of the molecule is CCCS(=O)(=O)Cc1ccc(N)c(Oc2ccc3c(c2)C2=NCCN2C=N3)c1F. The molecule has 2 heterocycles. The quantitative estimate of drug-likeness (QED) is 0.729. The molecule has 0 unspecified atom stereocenters. The Kier molecular flexibility index (Phi) is 4.99. The lowest BCUT2D eigenvalue weighted by molar-refractivity contribution is 0.442. The van der Waals surface area contributed by atoms with Gasteiger partial charge in [-0.2, -0.15) is 0 Å². The summed E-state index contributed by atoms with van der Waals surface area (Å²) in [6, 6.07) is 8.02. The van der Waals surface area contributed by atoms with Crippen molar-refractivity contribution in [3.63, 3.8) is 0 Å². The number of nitrogen functional groups attached to an aromatic ring is 1. The maximum Gasteiger partial charge on any atom is 0.186 e. The van der Waals surface area contributed by atoms with Crippen LogP contribution in [0.1, 0.15) is 24.5 Å². The molecule has 0 amide bonds. The van der Waals surface area contributed by atoms with E-state index >= 15 is 4.39 Å². The van der Waals surface area contributed by atoms with Gasteiger partial charge in [0.15, 0.2) is 21.4 Å². The number of benzene rings is 2. The first-order valence-electron chi connectivity index (χ1n) is 9.33. The van der Waals surface area contributed by atoms with Crippen molar-refractivity contribution in [2.24, 2.45) is 9.98 Å². The Balaban J connectivity index is 1.66. The van der Waals surface area contributed by atoms with Crippen LogP contribution in [0.3, 0.4) is 0 Å². The van der Waals surface area contributed by atoms with Crippen molar-refractivity contribution in [1.29, 1.82) is 0 Å². The molecule has 2 aromatic carbocycles. The minimum atomic E-state index is -3.41. The molecular formula is C20H21FN4O3S. The molecule has 0 atom stereocenters. The second-order valence-corrected chi connectivity index (χ2v) is 9.16. The van der Waals surface area contributed by atoms with Crippen molar-refractivity contribution in [2.45, 2.75) is 19.1 Å². The van der Waals surface area contributed by atoms with Gasteiger partial charge in [-0.1, -0.05) is 13.0 Å². The average Bonchev–Trinajstić information content (AvgIpc) is 3.16. The summed E-state index contributed by atoms with van der Waals surface area (Å²) in [4.78, 5) is 10.8. The number of rotatable bonds is 6. The van der Waals surface area contributed by atoms with Crippen LogP contribution in [-0.4, -0.2) is 44.3 Å². The van der Waals surface area contributed by atoms with Crippen molar-refractivity contribution in [3.8, 4) is 11.5 Å². The van der Waals surface area contributed by atoms with E-state index in [1.54, 1.807) is 31.5 Å². The minimum absolute atomic E-state index is 0.00302. The fraction of sp³-hybridized carbons (Fsp3) is 0.300. The molecule has 0 bridgehead atoms. The summed E-state index contributed by atoms with van der Waals surface area (Å²) in [6.45, 7) is 3.21.